The number of esters is 1. The van der Waals surface area contributed by atoms with Gasteiger partial charge in [-0.05, 0) is 29.3 Å². The summed E-state index contributed by atoms with van der Waals surface area (Å²) < 4.78 is 5.10. The maximum atomic E-state index is 12.2. The van der Waals surface area contributed by atoms with Gasteiger partial charge in [0.25, 0.3) is 5.91 Å². The van der Waals surface area contributed by atoms with Crippen LogP contribution in [0.5, 0.6) is 0 Å². The summed E-state index contributed by atoms with van der Waals surface area (Å²) in [7, 11) is 0. The highest BCUT2D eigenvalue weighted by molar-refractivity contribution is 7.10. The van der Waals surface area contributed by atoms with Gasteiger partial charge in [0.2, 0.25) is 0 Å². The fourth-order valence-electron chi connectivity index (χ4n) is 2.52. The van der Waals surface area contributed by atoms with Gasteiger partial charge in [-0.2, -0.15) is 0 Å². The van der Waals surface area contributed by atoms with Crippen LogP contribution in [0.25, 0.3) is 0 Å². The SMILES string of the molecule is CC1CC1C(=O)OCC(=O)NC(c1ccccc1)c1cccs1. The third kappa shape index (κ3) is 3.99. The molecule has 1 saturated carbocycles. The van der Waals surface area contributed by atoms with Gasteiger partial charge in [0, 0.05) is 4.88 Å². The van der Waals surface area contributed by atoms with Crippen molar-refractivity contribution in [2.45, 2.75) is 19.4 Å². The molecular formula is C18H19NO3S. The van der Waals surface area contributed by atoms with E-state index in [2.05, 4.69) is 5.32 Å². The molecule has 1 aliphatic rings. The molecule has 0 spiro atoms. The van der Waals surface area contributed by atoms with Gasteiger partial charge in [-0.15, -0.1) is 11.3 Å². The first-order chi connectivity index (χ1) is 11.1. The number of carbonyl (C=O) groups excluding carboxylic acids is 2. The van der Waals surface area contributed by atoms with Gasteiger partial charge < -0.3 is 10.1 Å². The van der Waals surface area contributed by atoms with Crippen molar-refractivity contribution in [3.05, 3.63) is 58.3 Å². The highest BCUT2D eigenvalue weighted by Crippen LogP contribution is 2.38. The Balaban J connectivity index is 1.62. The number of carbonyl (C=O) groups is 2. The van der Waals surface area contributed by atoms with E-state index in [1.54, 1.807) is 11.3 Å². The second-order valence-corrected chi connectivity index (χ2v) is 6.83. The Morgan fingerprint density at radius 3 is 2.61 bits per heavy atom. The highest BCUT2D eigenvalue weighted by atomic mass is 32.1. The summed E-state index contributed by atoms with van der Waals surface area (Å²) in [6, 6.07) is 13.5. The topological polar surface area (TPSA) is 55.4 Å². The van der Waals surface area contributed by atoms with Gasteiger partial charge in [-0.3, -0.25) is 9.59 Å². The fraction of sp³-hybridized carbons (Fsp3) is 0.333. The number of benzene rings is 1. The lowest BCUT2D eigenvalue weighted by Gasteiger charge is -2.18. The minimum absolute atomic E-state index is 0.0231. The molecule has 3 rings (SSSR count). The average Bonchev–Trinajstić information content (AvgIpc) is 3.07. The zero-order chi connectivity index (χ0) is 16.2. The average molecular weight is 329 g/mol. The van der Waals surface area contributed by atoms with Crippen LogP contribution in [0.4, 0.5) is 0 Å². The first-order valence-corrected chi connectivity index (χ1v) is 8.57. The van der Waals surface area contributed by atoms with Crippen LogP contribution in [-0.4, -0.2) is 18.5 Å². The van der Waals surface area contributed by atoms with Crippen LogP contribution < -0.4 is 5.32 Å². The summed E-state index contributed by atoms with van der Waals surface area (Å²) in [5.41, 5.74) is 1.01. The zero-order valence-electron chi connectivity index (χ0n) is 12.9. The molecule has 1 amide bonds. The maximum absolute atomic E-state index is 12.2. The van der Waals surface area contributed by atoms with Crippen LogP contribution in [0.1, 0.15) is 29.8 Å². The van der Waals surface area contributed by atoms with E-state index in [0.717, 1.165) is 16.9 Å². The molecule has 1 heterocycles. The Hall–Kier alpha value is -2.14. The van der Waals surface area contributed by atoms with Gasteiger partial charge in [0.05, 0.1) is 12.0 Å². The lowest BCUT2D eigenvalue weighted by atomic mass is 10.1. The molecule has 1 N–H and O–H groups in total. The van der Waals surface area contributed by atoms with Crippen molar-refractivity contribution in [1.82, 2.24) is 5.32 Å². The molecule has 1 aromatic heterocycles. The van der Waals surface area contributed by atoms with Crippen LogP contribution in [0.2, 0.25) is 0 Å². The van der Waals surface area contributed by atoms with Gasteiger partial charge in [-0.25, -0.2) is 0 Å². The number of hydrogen-bond acceptors (Lipinski definition) is 4. The normalized spacial score (nSPS) is 20.6. The van der Waals surface area contributed by atoms with E-state index in [0.29, 0.717) is 5.92 Å². The molecule has 1 aromatic carbocycles. The van der Waals surface area contributed by atoms with E-state index in [1.165, 1.54) is 0 Å². The zero-order valence-corrected chi connectivity index (χ0v) is 13.7. The van der Waals surface area contributed by atoms with Crippen molar-refractivity contribution in [3.8, 4) is 0 Å². The van der Waals surface area contributed by atoms with Crippen molar-refractivity contribution in [2.75, 3.05) is 6.61 Å². The molecule has 2 aromatic rings. The third-order valence-electron chi connectivity index (χ3n) is 4.02. The molecule has 5 heteroatoms. The highest BCUT2D eigenvalue weighted by Gasteiger charge is 2.40. The monoisotopic (exact) mass is 329 g/mol. The molecule has 3 atom stereocenters. The van der Waals surface area contributed by atoms with Crippen molar-refractivity contribution in [3.63, 3.8) is 0 Å². The molecule has 4 nitrogen and oxygen atoms in total. The largest absolute Gasteiger partial charge is 0.455 e. The van der Waals surface area contributed by atoms with E-state index < -0.39 is 0 Å². The predicted octanol–water partition coefficient (Wildman–Crippen LogP) is 3.15. The van der Waals surface area contributed by atoms with Gasteiger partial charge >= 0.3 is 5.97 Å². The minimum atomic E-state index is -0.283. The summed E-state index contributed by atoms with van der Waals surface area (Å²) in [5.74, 6) is -0.187. The summed E-state index contributed by atoms with van der Waals surface area (Å²) in [6.07, 6.45) is 0.863. The van der Waals surface area contributed by atoms with Crippen LogP contribution >= 0.6 is 11.3 Å². The first kappa shape index (κ1) is 15.7. The van der Waals surface area contributed by atoms with E-state index in [-0.39, 0.29) is 30.4 Å². The van der Waals surface area contributed by atoms with E-state index in [4.69, 9.17) is 4.74 Å². The fourth-order valence-corrected chi connectivity index (χ4v) is 3.32. The van der Waals surface area contributed by atoms with E-state index in [1.807, 2.05) is 54.8 Å². The molecule has 23 heavy (non-hydrogen) atoms. The first-order valence-electron chi connectivity index (χ1n) is 7.69. The number of ether oxygens (including phenoxy) is 1. The second-order valence-electron chi connectivity index (χ2n) is 5.85. The summed E-state index contributed by atoms with van der Waals surface area (Å²) in [5, 5.41) is 4.93. The molecular weight excluding hydrogens is 310 g/mol. The van der Waals surface area contributed by atoms with Gasteiger partial charge in [0.15, 0.2) is 6.61 Å². The lowest BCUT2D eigenvalue weighted by molar-refractivity contribution is -0.150. The molecule has 3 unspecified atom stereocenters. The Labute approximate surface area is 139 Å². The van der Waals surface area contributed by atoms with Crippen molar-refractivity contribution < 1.29 is 14.3 Å². The second kappa shape index (κ2) is 6.96. The smallest absolute Gasteiger partial charge is 0.309 e. The van der Waals surface area contributed by atoms with Crippen LogP contribution in [-0.2, 0) is 14.3 Å². The Morgan fingerprint density at radius 1 is 1.26 bits per heavy atom. The molecule has 1 aliphatic carbocycles. The Bertz CT molecular complexity index is 669. The molecule has 0 aliphatic heterocycles. The van der Waals surface area contributed by atoms with Crippen molar-refractivity contribution in [2.24, 2.45) is 11.8 Å². The van der Waals surface area contributed by atoms with Crippen LogP contribution in [0.15, 0.2) is 47.8 Å². The van der Waals surface area contributed by atoms with Crippen molar-refractivity contribution in [1.29, 1.82) is 0 Å². The minimum Gasteiger partial charge on any atom is -0.455 e. The van der Waals surface area contributed by atoms with Crippen molar-refractivity contribution >= 4 is 23.2 Å². The van der Waals surface area contributed by atoms with Crippen LogP contribution in [0.3, 0.4) is 0 Å². The molecule has 0 bridgehead atoms. The molecule has 0 saturated heterocycles. The van der Waals surface area contributed by atoms with E-state index in [9.17, 15) is 9.59 Å². The third-order valence-corrected chi connectivity index (χ3v) is 4.96. The standard InChI is InChI=1S/C18H19NO3S/c1-12-10-14(12)18(21)22-11-16(20)19-17(15-8-5-9-23-15)13-6-3-2-4-7-13/h2-9,12,14,17H,10-11H2,1H3,(H,19,20). The Morgan fingerprint density at radius 2 is 2.00 bits per heavy atom. The maximum Gasteiger partial charge on any atom is 0.309 e. The number of nitrogens with one attached hydrogen (secondary N) is 1. The van der Waals surface area contributed by atoms with Gasteiger partial charge in [0.1, 0.15) is 0 Å². The number of thiophene rings is 1. The number of rotatable bonds is 6. The molecule has 1 fully saturated rings. The number of amides is 1. The van der Waals surface area contributed by atoms with Gasteiger partial charge in [-0.1, -0.05) is 43.3 Å². The quantitative estimate of drug-likeness (QED) is 0.828. The summed E-state index contributed by atoms with van der Waals surface area (Å²) in [6.45, 7) is 1.78. The lowest BCUT2D eigenvalue weighted by Crippen LogP contribution is -2.33. The summed E-state index contributed by atoms with van der Waals surface area (Å²) in [4.78, 5) is 24.9. The predicted molar refractivity (Wildman–Crippen MR) is 89.0 cm³/mol. The summed E-state index contributed by atoms with van der Waals surface area (Å²) >= 11 is 1.58. The van der Waals surface area contributed by atoms with Crippen LogP contribution in [0, 0.1) is 11.8 Å². The van der Waals surface area contributed by atoms with E-state index >= 15 is 0 Å². The molecule has 0 radical (unpaired) electrons. The number of hydrogen-bond donors (Lipinski definition) is 1. The Kier molecular flexibility index (Phi) is 4.76. The molecule has 120 valence electrons.